The van der Waals surface area contributed by atoms with Gasteiger partial charge in [0, 0.05) is 6.42 Å². The molecule has 0 aliphatic heterocycles. The summed E-state index contributed by atoms with van der Waals surface area (Å²) >= 11 is 0. The van der Waals surface area contributed by atoms with Crippen molar-refractivity contribution < 1.29 is 9.90 Å². The van der Waals surface area contributed by atoms with Crippen molar-refractivity contribution in [1.29, 1.82) is 0 Å². The van der Waals surface area contributed by atoms with Crippen molar-refractivity contribution in [2.75, 3.05) is 0 Å². The quantitative estimate of drug-likeness (QED) is 0.767. The maximum absolute atomic E-state index is 10.4. The number of hydrogen-bond acceptors (Lipinski definition) is 1. The fourth-order valence-corrected chi connectivity index (χ4v) is 1.95. The highest BCUT2D eigenvalue weighted by Gasteiger charge is 2.12. The summed E-state index contributed by atoms with van der Waals surface area (Å²) in [5.41, 5.74) is 2.91. The van der Waals surface area contributed by atoms with Gasteiger partial charge in [-0.25, -0.2) is 0 Å². The van der Waals surface area contributed by atoms with Crippen LogP contribution in [0.25, 0.3) is 0 Å². The van der Waals surface area contributed by atoms with Crippen molar-refractivity contribution in [3.05, 3.63) is 35.4 Å². The Bertz CT molecular complexity index is 371. The molecule has 0 radical (unpaired) electrons. The second-order valence-corrected chi connectivity index (χ2v) is 5.90. The zero-order valence-corrected chi connectivity index (χ0v) is 11.7. The molecule has 1 N–H and O–H groups in total. The van der Waals surface area contributed by atoms with E-state index in [0.717, 1.165) is 25.7 Å². The molecular formula is C16H24O2. The minimum absolute atomic E-state index is 0.208. The second-order valence-electron chi connectivity index (χ2n) is 5.90. The molecule has 0 unspecified atom stereocenters. The molecule has 0 aliphatic rings. The first-order chi connectivity index (χ1) is 8.39. The fraction of sp³-hybridized carbons (Fsp3) is 0.562. The van der Waals surface area contributed by atoms with E-state index in [4.69, 9.17) is 5.11 Å². The summed E-state index contributed by atoms with van der Waals surface area (Å²) in [7, 11) is 0. The fourth-order valence-electron chi connectivity index (χ4n) is 1.95. The summed E-state index contributed by atoms with van der Waals surface area (Å²) in [5, 5.41) is 8.54. The van der Waals surface area contributed by atoms with Gasteiger partial charge in [-0.1, -0.05) is 51.5 Å². The van der Waals surface area contributed by atoms with Crippen LogP contribution in [0.5, 0.6) is 0 Å². The number of aliphatic carboxylic acids is 1. The molecular weight excluding hydrogens is 224 g/mol. The Morgan fingerprint density at radius 2 is 1.67 bits per heavy atom. The number of carboxylic acids is 1. The first-order valence-corrected chi connectivity index (χ1v) is 6.71. The molecule has 1 rings (SSSR count). The van der Waals surface area contributed by atoms with Crippen molar-refractivity contribution in [2.24, 2.45) is 0 Å². The van der Waals surface area contributed by atoms with E-state index in [1.165, 1.54) is 11.1 Å². The number of hydrogen-bond donors (Lipinski definition) is 1. The van der Waals surface area contributed by atoms with Crippen molar-refractivity contribution >= 4 is 5.97 Å². The average molecular weight is 248 g/mol. The van der Waals surface area contributed by atoms with Gasteiger partial charge in [0.1, 0.15) is 0 Å². The Morgan fingerprint density at radius 1 is 1.06 bits per heavy atom. The summed E-state index contributed by atoms with van der Waals surface area (Å²) in [6, 6.07) is 8.79. The largest absolute Gasteiger partial charge is 0.481 e. The lowest BCUT2D eigenvalue weighted by molar-refractivity contribution is -0.137. The third kappa shape index (κ3) is 5.35. The molecule has 0 aromatic heterocycles. The van der Waals surface area contributed by atoms with Gasteiger partial charge in [-0.2, -0.15) is 0 Å². The topological polar surface area (TPSA) is 37.3 Å². The van der Waals surface area contributed by atoms with Gasteiger partial charge in [0.05, 0.1) is 0 Å². The average Bonchev–Trinajstić information content (AvgIpc) is 2.27. The molecule has 100 valence electrons. The van der Waals surface area contributed by atoms with Crippen LogP contribution >= 0.6 is 0 Å². The predicted octanol–water partition coefficient (Wildman–Crippen LogP) is 4.17. The zero-order chi connectivity index (χ0) is 13.6. The number of unbranched alkanes of at least 4 members (excludes halogenated alkanes) is 2. The van der Waals surface area contributed by atoms with Crippen LogP contribution in [0.4, 0.5) is 0 Å². The summed E-state index contributed by atoms with van der Waals surface area (Å²) in [6.45, 7) is 6.65. The molecule has 0 aliphatic carbocycles. The number of aryl methyl sites for hydroxylation is 1. The lowest BCUT2D eigenvalue weighted by atomic mass is 9.86. The minimum atomic E-state index is -0.690. The van der Waals surface area contributed by atoms with E-state index in [1.807, 2.05) is 0 Å². The smallest absolute Gasteiger partial charge is 0.303 e. The van der Waals surface area contributed by atoms with Crippen LogP contribution < -0.4 is 0 Å². The molecule has 2 heteroatoms. The van der Waals surface area contributed by atoms with Crippen molar-refractivity contribution in [2.45, 2.75) is 58.3 Å². The molecule has 2 nitrogen and oxygen atoms in total. The molecule has 0 saturated carbocycles. The molecule has 0 spiro atoms. The minimum Gasteiger partial charge on any atom is -0.481 e. The van der Waals surface area contributed by atoms with E-state index in [1.54, 1.807) is 0 Å². The standard InChI is InChI=1S/C16H24O2/c1-16(2,3)14-11-9-13(10-12-14)7-5-4-6-8-15(17)18/h9-12H,4-8H2,1-3H3,(H,17,18). The second kappa shape index (κ2) is 6.58. The van der Waals surface area contributed by atoms with Crippen LogP contribution in [0.3, 0.4) is 0 Å². The molecule has 18 heavy (non-hydrogen) atoms. The van der Waals surface area contributed by atoms with Crippen LogP contribution in [-0.4, -0.2) is 11.1 Å². The highest BCUT2D eigenvalue weighted by atomic mass is 16.4. The number of benzene rings is 1. The highest BCUT2D eigenvalue weighted by molar-refractivity contribution is 5.66. The van der Waals surface area contributed by atoms with Crippen LogP contribution in [0, 0.1) is 0 Å². The third-order valence-electron chi connectivity index (χ3n) is 3.18. The molecule has 0 amide bonds. The van der Waals surface area contributed by atoms with E-state index in [9.17, 15) is 4.79 Å². The van der Waals surface area contributed by atoms with Gasteiger partial charge >= 0.3 is 5.97 Å². The maximum atomic E-state index is 10.4. The highest BCUT2D eigenvalue weighted by Crippen LogP contribution is 2.22. The zero-order valence-electron chi connectivity index (χ0n) is 11.7. The lowest BCUT2D eigenvalue weighted by Crippen LogP contribution is -2.10. The summed E-state index contributed by atoms with van der Waals surface area (Å²) in [5.74, 6) is -0.690. The van der Waals surface area contributed by atoms with Gasteiger partial charge in [-0.15, -0.1) is 0 Å². The number of carbonyl (C=O) groups is 1. The Morgan fingerprint density at radius 3 is 2.17 bits per heavy atom. The molecule has 1 aromatic rings. The summed E-state index contributed by atoms with van der Waals surface area (Å²) < 4.78 is 0. The molecule has 0 saturated heterocycles. The Hall–Kier alpha value is -1.31. The van der Waals surface area contributed by atoms with E-state index in [2.05, 4.69) is 45.0 Å². The van der Waals surface area contributed by atoms with Crippen LogP contribution in [0.2, 0.25) is 0 Å². The first kappa shape index (κ1) is 14.7. The van der Waals surface area contributed by atoms with Gasteiger partial charge in [0.25, 0.3) is 0 Å². The molecule has 1 aromatic carbocycles. The van der Waals surface area contributed by atoms with Crippen molar-refractivity contribution in [3.8, 4) is 0 Å². The predicted molar refractivity (Wildman–Crippen MR) is 74.9 cm³/mol. The van der Waals surface area contributed by atoms with Crippen molar-refractivity contribution in [1.82, 2.24) is 0 Å². The van der Waals surface area contributed by atoms with Gasteiger partial charge in [-0.3, -0.25) is 4.79 Å². The molecule has 0 bridgehead atoms. The van der Waals surface area contributed by atoms with Crippen LogP contribution in [0.15, 0.2) is 24.3 Å². The Balaban J connectivity index is 2.33. The van der Waals surface area contributed by atoms with Crippen LogP contribution in [0.1, 0.15) is 57.6 Å². The number of rotatable bonds is 6. The molecule has 0 fully saturated rings. The summed E-state index contributed by atoms with van der Waals surface area (Å²) in [6.07, 6.45) is 4.19. The van der Waals surface area contributed by atoms with Gasteiger partial charge in [0.15, 0.2) is 0 Å². The summed E-state index contributed by atoms with van der Waals surface area (Å²) in [4.78, 5) is 10.4. The van der Waals surface area contributed by atoms with Crippen molar-refractivity contribution in [3.63, 3.8) is 0 Å². The van der Waals surface area contributed by atoms with E-state index < -0.39 is 5.97 Å². The van der Waals surface area contributed by atoms with E-state index >= 15 is 0 Å². The van der Waals surface area contributed by atoms with Gasteiger partial charge < -0.3 is 5.11 Å². The Labute approximate surface area is 110 Å². The van der Waals surface area contributed by atoms with E-state index in [-0.39, 0.29) is 5.41 Å². The third-order valence-corrected chi connectivity index (χ3v) is 3.18. The lowest BCUT2D eigenvalue weighted by Gasteiger charge is -2.19. The monoisotopic (exact) mass is 248 g/mol. The number of carboxylic acid groups (broad SMARTS) is 1. The first-order valence-electron chi connectivity index (χ1n) is 6.71. The maximum Gasteiger partial charge on any atom is 0.303 e. The van der Waals surface area contributed by atoms with Gasteiger partial charge in [0.2, 0.25) is 0 Å². The van der Waals surface area contributed by atoms with Crippen LogP contribution in [-0.2, 0) is 16.6 Å². The Kier molecular flexibility index (Phi) is 5.39. The van der Waals surface area contributed by atoms with E-state index in [0.29, 0.717) is 6.42 Å². The normalized spacial score (nSPS) is 11.5. The van der Waals surface area contributed by atoms with Gasteiger partial charge in [-0.05, 0) is 35.8 Å². The molecule has 0 atom stereocenters. The SMILES string of the molecule is CC(C)(C)c1ccc(CCCCCC(=O)O)cc1. The molecule has 0 heterocycles.